The van der Waals surface area contributed by atoms with Gasteiger partial charge >= 0.3 is 0 Å². The minimum Gasteiger partial charge on any atom is -0.393 e. The lowest BCUT2D eigenvalue weighted by Gasteiger charge is -2.24. The number of aryl methyl sites for hydroxylation is 1. The Balaban J connectivity index is 1.74. The SMILES string of the molecule is Cc1cc(-n2cncn2)ccc1C(=O)N(C)CC1CCCC1O. The van der Waals surface area contributed by atoms with E-state index < -0.39 is 0 Å². The average Bonchev–Trinajstić information content (AvgIpc) is 3.19. The molecular weight excluding hydrogens is 292 g/mol. The van der Waals surface area contributed by atoms with Gasteiger partial charge in [0.2, 0.25) is 0 Å². The smallest absolute Gasteiger partial charge is 0.253 e. The first-order valence-electron chi connectivity index (χ1n) is 7.95. The molecule has 1 saturated carbocycles. The van der Waals surface area contributed by atoms with Crippen LogP contribution in [0.3, 0.4) is 0 Å². The van der Waals surface area contributed by atoms with Crippen molar-refractivity contribution in [3.05, 3.63) is 42.0 Å². The Kier molecular flexibility index (Phi) is 4.43. The van der Waals surface area contributed by atoms with E-state index in [-0.39, 0.29) is 17.9 Å². The molecule has 6 heteroatoms. The van der Waals surface area contributed by atoms with E-state index in [1.807, 2.05) is 25.1 Å². The van der Waals surface area contributed by atoms with Gasteiger partial charge in [0.25, 0.3) is 5.91 Å². The van der Waals surface area contributed by atoms with Crippen molar-refractivity contribution in [3.8, 4) is 5.69 Å². The van der Waals surface area contributed by atoms with Gasteiger partial charge in [-0.2, -0.15) is 5.10 Å². The molecule has 0 spiro atoms. The van der Waals surface area contributed by atoms with Gasteiger partial charge < -0.3 is 10.0 Å². The maximum atomic E-state index is 12.7. The molecule has 1 aliphatic carbocycles. The number of aromatic nitrogens is 3. The maximum absolute atomic E-state index is 12.7. The van der Waals surface area contributed by atoms with E-state index in [0.717, 1.165) is 30.5 Å². The number of carbonyl (C=O) groups excluding carboxylic acids is 1. The topological polar surface area (TPSA) is 71.2 Å². The lowest BCUT2D eigenvalue weighted by atomic mass is 10.0. The number of rotatable bonds is 4. The molecule has 2 aromatic rings. The molecule has 1 aliphatic rings. The lowest BCUT2D eigenvalue weighted by molar-refractivity contribution is 0.0693. The predicted octanol–water partition coefficient (Wildman–Crippen LogP) is 1.81. The second-order valence-electron chi connectivity index (χ2n) is 6.28. The van der Waals surface area contributed by atoms with Crippen LogP contribution in [0.5, 0.6) is 0 Å². The number of hydrogen-bond donors (Lipinski definition) is 1. The molecule has 1 aromatic heterocycles. The summed E-state index contributed by atoms with van der Waals surface area (Å²) in [6, 6.07) is 5.63. The van der Waals surface area contributed by atoms with Crippen LogP contribution in [-0.2, 0) is 0 Å². The Hall–Kier alpha value is -2.21. The first kappa shape index (κ1) is 15.7. The van der Waals surface area contributed by atoms with E-state index in [4.69, 9.17) is 0 Å². The van der Waals surface area contributed by atoms with Crippen molar-refractivity contribution in [1.29, 1.82) is 0 Å². The molecule has 3 rings (SSSR count). The number of aliphatic hydroxyl groups is 1. The van der Waals surface area contributed by atoms with Gasteiger partial charge in [0.05, 0.1) is 11.8 Å². The second kappa shape index (κ2) is 6.50. The van der Waals surface area contributed by atoms with Crippen LogP contribution in [0.1, 0.15) is 35.2 Å². The molecule has 122 valence electrons. The number of nitrogens with zero attached hydrogens (tertiary/aromatic N) is 4. The largest absolute Gasteiger partial charge is 0.393 e. The Morgan fingerprint density at radius 3 is 2.87 bits per heavy atom. The molecule has 0 bridgehead atoms. The molecular formula is C17H22N4O2. The lowest BCUT2D eigenvalue weighted by Crippen LogP contribution is -2.34. The van der Waals surface area contributed by atoms with Gasteiger partial charge in [-0.3, -0.25) is 4.79 Å². The summed E-state index contributed by atoms with van der Waals surface area (Å²) in [4.78, 5) is 18.3. The van der Waals surface area contributed by atoms with Gasteiger partial charge in [0.1, 0.15) is 12.7 Å². The fraction of sp³-hybridized carbons (Fsp3) is 0.471. The molecule has 1 fully saturated rings. The van der Waals surface area contributed by atoms with Gasteiger partial charge in [0, 0.05) is 25.1 Å². The van der Waals surface area contributed by atoms with Crippen molar-refractivity contribution in [2.24, 2.45) is 5.92 Å². The fourth-order valence-electron chi connectivity index (χ4n) is 3.24. The van der Waals surface area contributed by atoms with Crippen molar-refractivity contribution in [1.82, 2.24) is 19.7 Å². The summed E-state index contributed by atoms with van der Waals surface area (Å²) in [7, 11) is 1.80. The van der Waals surface area contributed by atoms with E-state index in [1.54, 1.807) is 23.0 Å². The third-order valence-corrected chi connectivity index (χ3v) is 4.60. The first-order chi connectivity index (χ1) is 11.1. The number of amides is 1. The highest BCUT2D eigenvalue weighted by molar-refractivity contribution is 5.95. The van der Waals surface area contributed by atoms with Crippen molar-refractivity contribution in [2.45, 2.75) is 32.3 Å². The Morgan fingerprint density at radius 1 is 1.43 bits per heavy atom. The van der Waals surface area contributed by atoms with Crippen LogP contribution < -0.4 is 0 Å². The zero-order chi connectivity index (χ0) is 16.4. The van der Waals surface area contributed by atoms with Crippen molar-refractivity contribution in [2.75, 3.05) is 13.6 Å². The molecule has 1 aromatic carbocycles. The Bertz CT molecular complexity index is 684. The summed E-state index contributed by atoms with van der Waals surface area (Å²) in [5, 5.41) is 14.0. The summed E-state index contributed by atoms with van der Waals surface area (Å²) in [5.41, 5.74) is 2.47. The molecule has 1 amide bonds. The second-order valence-corrected chi connectivity index (χ2v) is 6.28. The van der Waals surface area contributed by atoms with Gasteiger partial charge in [-0.15, -0.1) is 0 Å². The molecule has 0 radical (unpaired) electrons. The van der Waals surface area contributed by atoms with Crippen LogP contribution in [0, 0.1) is 12.8 Å². The molecule has 2 unspecified atom stereocenters. The number of aliphatic hydroxyl groups excluding tert-OH is 1. The summed E-state index contributed by atoms with van der Waals surface area (Å²) in [5.74, 6) is 0.186. The highest BCUT2D eigenvalue weighted by atomic mass is 16.3. The molecule has 1 heterocycles. The van der Waals surface area contributed by atoms with Crippen molar-refractivity contribution < 1.29 is 9.90 Å². The number of carbonyl (C=O) groups is 1. The van der Waals surface area contributed by atoms with Gasteiger partial charge in [-0.25, -0.2) is 9.67 Å². The number of benzene rings is 1. The average molecular weight is 314 g/mol. The predicted molar refractivity (Wildman–Crippen MR) is 86.4 cm³/mol. The van der Waals surface area contributed by atoms with Crippen LogP contribution >= 0.6 is 0 Å². The molecule has 0 saturated heterocycles. The summed E-state index contributed by atoms with van der Waals surface area (Å²) >= 11 is 0. The van der Waals surface area contributed by atoms with Crippen molar-refractivity contribution >= 4 is 5.91 Å². The van der Waals surface area contributed by atoms with E-state index in [9.17, 15) is 9.90 Å². The van der Waals surface area contributed by atoms with Crippen LogP contribution in [-0.4, -0.2) is 50.4 Å². The normalized spacial score (nSPS) is 20.7. The van der Waals surface area contributed by atoms with Crippen LogP contribution in [0.4, 0.5) is 0 Å². The Morgan fingerprint density at radius 2 is 2.26 bits per heavy atom. The van der Waals surface area contributed by atoms with E-state index in [1.165, 1.54) is 6.33 Å². The molecule has 1 N–H and O–H groups in total. The molecule has 0 aliphatic heterocycles. The first-order valence-corrected chi connectivity index (χ1v) is 7.95. The van der Waals surface area contributed by atoms with Gasteiger partial charge in [-0.1, -0.05) is 6.42 Å². The molecule has 23 heavy (non-hydrogen) atoms. The summed E-state index contributed by atoms with van der Waals surface area (Å²) in [6.07, 6.45) is 5.71. The number of hydrogen-bond acceptors (Lipinski definition) is 4. The van der Waals surface area contributed by atoms with E-state index in [0.29, 0.717) is 12.1 Å². The zero-order valence-corrected chi connectivity index (χ0v) is 13.5. The van der Waals surface area contributed by atoms with Crippen molar-refractivity contribution in [3.63, 3.8) is 0 Å². The molecule has 2 atom stereocenters. The molecule has 6 nitrogen and oxygen atoms in total. The summed E-state index contributed by atoms with van der Waals surface area (Å²) < 4.78 is 1.67. The Labute approximate surface area is 135 Å². The van der Waals surface area contributed by atoms with Crippen LogP contribution in [0.2, 0.25) is 0 Å². The monoisotopic (exact) mass is 314 g/mol. The quantitative estimate of drug-likeness (QED) is 0.934. The van der Waals surface area contributed by atoms with E-state index >= 15 is 0 Å². The highest BCUT2D eigenvalue weighted by Crippen LogP contribution is 2.26. The summed E-state index contributed by atoms with van der Waals surface area (Å²) in [6.45, 7) is 2.52. The minimum atomic E-state index is -0.277. The maximum Gasteiger partial charge on any atom is 0.253 e. The van der Waals surface area contributed by atoms with Crippen LogP contribution in [0.15, 0.2) is 30.9 Å². The third kappa shape index (κ3) is 3.27. The van der Waals surface area contributed by atoms with Gasteiger partial charge in [-0.05, 0) is 43.5 Å². The van der Waals surface area contributed by atoms with Gasteiger partial charge in [0.15, 0.2) is 0 Å². The standard InChI is InChI=1S/C17H22N4O2/c1-12-8-14(21-11-18-10-19-21)6-7-15(12)17(23)20(2)9-13-4-3-5-16(13)22/h6-8,10-11,13,16,22H,3-5,9H2,1-2H3. The van der Waals surface area contributed by atoms with Crippen LogP contribution in [0.25, 0.3) is 5.69 Å². The highest BCUT2D eigenvalue weighted by Gasteiger charge is 2.28. The minimum absolute atomic E-state index is 0.00765. The van der Waals surface area contributed by atoms with E-state index in [2.05, 4.69) is 10.1 Å². The third-order valence-electron chi connectivity index (χ3n) is 4.60. The fourth-order valence-corrected chi connectivity index (χ4v) is 3.24. The zero-order valence-electron chi connectivity index (χ0n) is 13.5.